The van der Waals surface area contributed by atoms with E-state index in [0.717, 1.165) is 16.9 Å². The molecule has 4 heteroatoms. The molecule has 0 bridgehead atoms. The molecule has 0 saturated carbocycles. The van der Waals surface area contributed by atoms with Gasteiger partial charge in [0.1, 0.15) is 5.75 Å². The predicted molar refractivity (Wildman–Crippen MR) is 80.6 cm³/mol. The van der Waals surface area contributed by atoms with Crippen molar-refractivity contribution in [1.82, 2.24) is 10.6 Å². The van der Waals surface area contributed by atoms with Crippen LogP contribution in [-0.2, 0) is 4.79 Å². The monoisotopic (exact) mass is 274 g/mol. The lowest BCUT2D eigenvalue weighted by atomic mass is 10.1. The largest absolute Gasteiger partial charge is 0.481 e. The molecule has 108 valence electrons. The molecule has 20 heavy (non-hydrogen) atoms. The summed E-state index contributed by atoms with van der Waals surface area (Å²) in [7, 11) is 1.89. The topological polar surface area (TPSA) is 50.4 Å². The van der Waals surface area contributed by atoms with Gasteiger partial charge in [0, 0.05) is 11.6 Å². The molecule has 0 saturated heterocycles. The molecule has 0 fully saturated rings. The van der Waals surface area contributed by atoms with Gasteiger partial charge in [-0.25, -0.2) is 0 Å². The number of nitrogens with one attached hydrogen (secondary N) is 2. The Morgan fingerprint density at radius 1 is 1.45 bits per heavy atom. The van der Waals surface area contributed by atoms with E-state index in [0.29, 0.717) is 0 Å². The van der Waals surface area contributed by atoms with Crippen molar-refractivity contribution in [3.05, 3.63) is 29.3 Å². The Kier molecular flexibility index (Phi) is 6.08. The van der Waals surface area contributed by atoms with E-state index in [-0.39, 0.29) is 18.5 Å². The van der Waals surface area contributed by atoms with Gasteiger partial charge in [0.2, 0.25) is 0 Å². The third kappa shape index (κ3) is 4.29. The fraction of sp³-hybridized carbons (Fsp3) is 0.438. The molecule has 0 radical (unpaired) electrons. The van der Waals surface area contributed by atoms with Crippen LogP contribution in [0.2, 0.25) is 0 Å². The van der Waals surface area contributed by atoms with Gasteiger partial charge in [0.05, 0.1) is 6.54 Å². The van der Waals surface area contributed by atoms with Crippen LogP contribution in [-0.4, -0.2) is 25.6 Å². The highest BCUT2D eigenvalue weighted by Gasteiger charge is 2.17. The number of benzene rings is 1. The molecule has 0 aromatic heterocycles. The van der Waals surface area contributed by atoms with Crippen molar-refractivity contribution >= 4 is 5.91 Å². The van der Waals surface area contributed by atoms with E-state index in [9.17, 15) is 4.79 Å². The molecule has 4 nitrogen and oxygen atoms in total. The van der Waals surface area contributed by atoms with Crippen LogP contribution in [0.1, 0.15) is 31.0 Å². The number of amides is 1. The Hall–Kier alpha value is -1.99. The number of ether oxygens (including phenoxy) is 1. The first-order chi connectivity index (χ1) is 9.49. The first-order valence-corrected chi connectivity index (χ1v) is 6.65. The minimum absolute atomic E-state index is 0.145. The highest BCUT2D eigenvalue weighted by atomic mass is 16.5. The van der Waals surface area contributed by atoms with Crippen LogP contribution in [0.3, 0.4) is 0 Å². The summed E-state index contributed by atoms with van der Waals surface area (Å²) in [4.78, 5) is 11.8. The maximum absolute atomic E-state index is 11.8. The Labute approximate surface area is 120 Å². The molecular weight excluding hydrogens is 252 g/mol. The van der Waals surface area contributed by atoms with E-state index in [1.54, 1.807) is 6.92 Å². The summed E-state index contributed by atoms with van der Waals surface area (Å²) in [5.74, 6) is 2.87. The number of carbonyl (C=O) groups is 1. The maximum Gasteiger partial charge on any atom is 0.261 e. The summed E-state index contributed by atoms with van der Waals surface area (Å²) in [6, 6.07) is 6.12. The fourth-order valence-electron chi connectivity index (χ4n) is 1.78. The highest BCUT2D eigenvalue weighted by molar-refractivity contribution is 5.81. The molecule has 1 aromatic rings. The average Bonchev–Trinajstić information content (AvgIpc) is 2.44. The molecule has 1 rings (SSSR count). The minimum Gasteiger partial charge on any atom is -0.481 e. The van der Waals surface area contributed by atoms with Crippen molar-refractivity contribution in [1.29, 1.82) is 0 Å². The molecule has 0 spiro atoms. The summed E-state index contributed by atoms with van der Waals surface area (Å²) in [6.07, 6.45) is 4.53. The fourth-order valence-corrected chi connectivity index (χ4v) is 1.78. The van der Waals surface area contributed by atoms with Gasteiger partial charge in [-0.15, -0.1) is 6.42 Å². The lowest BCUT2D eigenvalue weighted by Crippen LogP contribution is -2.36. The van der Waals surface area contributed by atoms with Crippen LogP contribution in [0.25, 0.3) is 0 Å². The smallest absolute Gasteiger partial charge is 0.261 e. The zero-order chi connectivity index (χ0) is 15.1. The van der Waals surface area contributed by atoms with Gasteiger partial charge in [-0.1, -0.05) is 18.1 Å². The lowest BCUT2D eigenvalue weighted by Gasteiger charge is -2.20. The van der Waals surface area contributed by atoms with Crippen LogP contribution in [0.15, 0.2) is 18.2 Å². The summed E-state index contributed by atoms with van der Waals surface area (Å²) >= 11 is 0. The Morgan fingerprint density at radius 3 is 2.75 bits per heavy atom. The van der Waals surface area contributed by atoms with Crippen LogP contribution in [0.4, 0.5) is 0 Å². The van der Waals surface area contributed by atoms with Crippen LogP contribution in [0.5, 0.6) is 5.75 Å². The van der Waals surface area contributed by atoms with Crippen molar-refractivity contribution < 1.29 is 9.53 Å². The van der Waals surface area contributed by atoms with Gasteiger partial charge < -0.3 is 15.4 Å². The van der Waals surface area contributed by atoms with Gasteiger partial charge in [-0.3, -0.25) is 4.79 Å². The third-order valence-corrected chi connectivity index (χ3v) is 3.11. The first-order valence-electron chi connectivity index (χ1n) is 6.65. The number of hydrogen-bond donors (Lipinski definition) is 2. The molecular formula is C16H22N2O2. The van der Waals surface area contributed by atoms with Crippen LogP contribution in [0, 0.1) is 19.3 Å². The van der Waals surface area contributed by atoms with Crippen LogP contribution < -0.4 is 15.4 Å². The molecule has 0 aliphatic carbocycles. The van der Waals surface area contributed by atoms with E-state index >= 15 is 0 Å². The zero-order valence-corrected chi connectivity index (χ0v) is 12.5. The number of terminal acetylenes is 1. The summed E-state index contributed by atoms with van der Waals surface area (Å²) in [5.41, 5.74) is 2.11. The van der Waals surface area contributed by atoms with Crippen molar-refractivity contribution in [3.8, 4) is 18.1 Å². The zero-order valence-electron chi connectivity index (χ0n) is 12.5. The second-order valence-corrected chi connectivity index (χ2v) is 4.73. The van der Waals surface area contributed by atoms with Crippen molar-refractivity contribution in [2.24, 2.45) is 0 Å². The quantitative estimate of drug-likeness (QED) is 0.778. The van der Waals surface area contributed by atoms with E-state index in [1.165, 1.54) is 0 Å². The van der Waals surface area contributed by atoms with E-state index in [2.05, 4.69) is 16.6 Å². The lowest BCUT2D eigenvalue weighted by molar-refractivity contribution is -0.127. The third-order valence-electron chi connectivity index (χ3n) is 3.11. The normalized spacial score (nSPS) is 13.2. The minimum atomic E-state index is -0.590. The molecule has 1 amide bonds. The van der Waals surface area contributed by atoms with Crippen LogP contribution >= 0.6 is 0 Å². The number of carbonyl (C=O) groups excluding carboxylic acids is 1. The van der Waals surface area contributed by atoms with Gasteiger partial charge in [-0.2, -0.15) is 0 Å². The SMILES string of the molecule is C#CCNC(=O)C(C)Oc1cc(C)ccc1C(C)NC. The summed E-state index contributed by atoms with van der Waals surface area (Å²) < 4.78 is 5.79. The molecule has 0 heterocycles. The van der Waals surface area contributed by atoms with Gasteiger partial charge in [-0.05, 0) is 39.4 Å². The number of hydrogen-bond acceptors (Lipinski definition) is 3. The van der Waals surface area contributed by atoms with E-state index < -0.39 is 6.10 Å². The Balaban J connectivity index is 2.88. The second-order valence-electron chi connectivity index (χ2n) is 4.73. The summed E-state index contributed by atoms with van der Waals surface area (Å²) in [6.45, 7) is 5.95. The predicted octanol–water partition coefficient (Wildman–Crippen LogP) is 1.79. The standard InChI is InChI=1S/C16H22N2O2/c1-6-9-18-16(19)13(4)20-15-10-11(2)7-8-14(15)12(3)17-5/h1,7-8,10,12-13,17H,9H2,2-5H3,(H,18,19). The van der Waals surface area contributed by atoms with Gasteiger partial charge in [0.25, 0.3) is 5.91 Å². The van der Waals surface area contributed by atoms with Crippen molar-refractivity contribution in [2.75, 3.05) is 13.6 Å². The molecule has 1 aromatic carbocycles. The first kappa shape index (κ1) is 16.1. The molecule has 2 N–H and O–H groups in total. The molecule has 2 atom stereocenters. The molecule has 0 aliphatic heterocycles. The van der Waals surface area contributed by atoms with E-state index in [4.69, 9.17) is 11.2 Å². The Morgan fingerprint density at radius 2 is 2.15 bits per heavy atom. The van der Waals surface area contributed by atoms with Gasteiger partial charge in [0.15, 0.2) is 6.10 Å². The van der Waals surface area contributed by atoms with Gasteiger partial charge >= 0.3 is 0 Å². The Bertz CT molecular complexity index is 506. The summed E-state index contributed by atoms with van der Waals surface area (Å²) in [5, 5.41) is 5.78. The second kappa shape index (κ2) is 7.56. The number of rotatable bonds is 6. The maximum atomic E-state index is 11.8. The van der Waals surface area contributed by atoms with Crippen molar-refractivity contribution in [3.63, 3.8) is 0 Å². The highest BCUT2D eigenvalue weighted by Crippen LogP contribution is 2.27. The van der Waals surface area contributed by atoms with Crippen molar-refractivity contribution in [2.45, 2.75) is 32.9 Å². The average molecular weight is 274 g/mol. The van der Waals surface area contributed by atoms with E-state index in [1.807, 2.05) is 39.1 Å². The number of aryl methyl sites for hydroxylation is 1. The molecule has 0 aliphatic rings. The molecule has 2 unspecified atom stereocenters.